The zero-order chi connectivity index (χ0) is 14.6. The van der Waals surface area contributed by atoms with Gasteiger partial charge in [-0.25, -0.2) is 0 Å². The normalized spacial score (nSPS) is 21.6. The first kappa shape index (κ1) is 12.2. The highest BCUT2D eigenvalue weighted by Gasteiger charge is 2.42. The predicted octanol–water partition coefficient (Wildman–Crippen LogP) is 2.72. The van der Waals surface area contributed by atoms with Crippen molar-refractivity contribution >= 4 is 0 Å². The Bertz CT molecular complexity index is 725. The van der Waals surface area contributed by atoms with Gasteiger partial charge in [0.05, 0.1) is 25.2 Å². The molecule has 0 saturated carbocycles. The summed E-state index contributed by atoms with van der Waals surface area (Å²) in [4.78, 5) is 0. The number of aromatic hydroxyl groups is 2. The van der Waals surface area contributed by atoms with Gasteiger partial charge in [-0.2, -0.15) is 0 Å². The lowest BCUT2D eigenvalue weighted by Gasteiger charge is -2.28. The van der Waals surface area contributed by atoms with Crippen LogP contribution in [0.3, 0.4) is 0 Å². The van der Waals surface area contributed by atoms with E-state index in [9.17, 15) is 10.2 Å². The number of ether oxygens (including phenoxy) is 3. The Morgan fingerprint density at radius 2 is 2.00 bits per heavy atom. The monoisotopic (exact) mass is 286 g/mol. The second-order valence-electron chi connectivity index (χ2n) is 5.24. The van der Waals surface area contributed by atoms with E-state index in [1.54, 1.807) is 24.3 Å². The summed E-state index contributed by atoms with van der Waals surface area (Å²) in [5, 5.41) is 19.8. The maximum absolute atomic E-state index is 10.3. The summed E-state index contributed by atoms with van der Waals surface area (Å²) >= 11 is 0. The van der Waals surface area contributed by atoms with Crippen LogP contribution in [0.1, 0.15) is 23.1 Å². The van der Waals surface area contributed by atoms with Crippen LogP contribution in [-0.4, -0.2) is 23.9 Å². The molecule has 0 unspecified atom stereocenters. The highest BCUT2D eigenvalue weighted by molar-refractivity contribution is 5.57. The standard InChI is InChI=1S/C16H14O5/c1-19-9-5-12(18)15-14(6-9)20-7-11-10-3-2-8(17)4-13(10)21-16(11)15/h2-6,11,16-18H,7H2,1H3/t11-,16+/m0/s1. The van der Waals surface area contributed by atoms with Crippen LogP contribution >= 0.6 is 0 Å². The second kappa shape index (κ2) is 4.22. The number of benzene rings is 2. The van der Waals surface area contributed by atoms with Crippen molar-refractivity contribution in [3.63, 3.8) is 0 Å². The largest absolute Gasteiger partial charge is 0.508 e. The molecule has 0 saturated heterocycles. The first-order valence-corrected chi connectivity index (χ1v) is 6.70. The van der Waals surface area contributed by atoms with Crippen LogP contribution in [0.5, 0.6) is 28.7 Å². The third-order valence-corrected chi connectivity index (χ3v) is 4.05. The van der Waals surface area contributed by atoms with Gasteiger partial charge in [-0.05, 0) is 6.07 Å². The second-order valence-corrected chi connectivity index (χ2v) is 5.24. The molecule has 2 aromatic carbocycles. The van der Waals surface area contributed by atoms with Crippen LogP contribution in [-0.2, 0) is 0 Å². The quantitative estimate of drug-likeness (QED) is 0.843. The molecular formula is C16H14O5. The number of rotatable bonds is 1. The van der Waals surface area contributed by atoms with Crippen molar-refractivity contribution in [3.8, 4) is 28.7 Å². The summed E-state index contributed by atoms with van der Waals surface area (Å²) < 4.78 is 16.8. The van der Waals surface area contributed by atoms with Crippen molar-refractivity contribution < 1.29 is 24.4 Å². The van der Waals surface area contributed by atoms with Crippen molar-refractivity contribution in [2.75, 3.05) is 13.7 Å². The fraction of sp³-hybridized carbons (Fsp3) is 0.250. The summed E-state index contributed by atoms with van der Waals surface area (Å²) in [6.45, 7) is 0.460. The summed E-state index contributed by atoms with van der Waals surface area (Å²) in [5.41, 5.74) is 1.61. The van der Waals surface area contributed by atoms with E-state index in [-0.39, 0.29) is 23.5 Å². The van der Waals surface area contributed by atoms with Gasteiger partial charge in [0.1, 0.15) is 34.9 Å². The number of fused-ring (bicyclic) bond motifs is 5. The fourth-order valence-corrected chi connectivity index (χ4v) is 3.04. The molecule has 0 fully saturated rings. The lowest BCUT2D eigenvalue weighted by molar-refractivity contribution is 0.135. The van der Waals surface area contributed by atoms with Crippen molar-refractivity contribution in [2.45, 2.75) is 12.0 Å². The van der Waals surface area contributed by atoms with E-state index < -0.39 is 0 Å². The minimum absolute atomic E-state index is 0.00685. The smallest absolute Gasteiger partial charge is 0.141 e. The van der Waals surface area contributed by atoms with Gasteiger partial charge >= 0.3 is 0 Å². The van der Waals surface area contributed by atoms with Crippen LogP contribution in [0, 0.1) is 0 Å². The lowest BCUT2D eigenvalue weighted by atomic mass is 9.89. The number of methoxy groups -OCH3 is 1. The summed E-state index contributed by atoms with van der Waals surface area (Å²) in [7, 11) is 1.54. The third kappa shape index (κ3) is 1.70. The summed E-state index contributed by atoms with van der Waals surface area (Å²) in [6.07, 6.45) is -0.309. The van der Waals surface area contributed by atoms with Crippen LogP contribution in [0.2, 0.25) is 0 Å². The number of phenolic OH excluding ortho intramolecular Hbond substituents is 2. The molecule has 0 radical (unpaired) electrons. The van der Waals surface area contributed by atoms with E-state index in [0.717, 1.165) is 5.56 Å². The molecule has 2 aliphatic heterocycles. The Labute approximate surface area is 121 Å². The van der Waals surface area contributed by atoms with Crippen LogP contribution in [0.25, 0.3) is 0 Å². The van der Waals surface area contributed by atoms with Gasteiger partial charge in [0.2, 0.25) is 0 Å². The summed E-state index contributed by atoms with van der Waals surface area (Å²) in [5.74, 6) is 2.01. The molecule has 21 heavy (non-hydrogen) atoms. The fourth-order valence-electron chi connectivity index (χ4n) is 3.04. The van der Waals surface area contributed by atoms with E-state index in [1.165, 1.54) is 7.11 Å². The van der Waals surface area contributed by atoms with E-state index in [4.69, 9.17) is 14.2 Å². The van der Waals surface area contributed by atoms with Gasteiger partial charge in [-0.1, -0.05) is 6.07 Å². The van der Waals surface area contributed by atoms with Crippen molar-refractivity contribution in [3.05, 3.63) is 41.5 Å². The number of hydrogen-bond donors (Lipinski definition) is 2. The molecule has 5 heteroatoms. The molecular weight excluding hydrogens is 272 g/mol. The molecule has 0 bridgehead atoms. The average Bonchev–Trinajstić information content (AvgIpc) is 2.83. The Hall–Kier alpha value is -2.56. The van der Waals surface area contributed by atoms with Gasteiger partial charge in [-0.15, -0.1) is 0 Å². The third-order valence-electron chi connectivity index (χ3n) is 4.05. The van der Waals surface area contributed by atoms with Crippen molar-refractivity contribution in [1.82, 2.24) is 0 Å². The zero-order valence-electron chi connectivity index (χ0n) is 11.4. The Kier molecular flexibility index (Phi) is 2.45. The molecule has 2 aliphatic rings. The zero-order valence-corrected chi connectivity index (χ0v) is 11.4. The molecule has 108 valence electrons. The molecule has 0 spiro atoms. The van der Waals surface area contributed by atoms with E-state index >= 15 is 0 Å². The Morgan fingerprint density at radius 3 is 2.81 bits per heavy atom. The minimum Gasteiger partial charge on any atom is -0.508 e. The Morgan fingerprint density at radius 1 is 1.14 bits per heavy atom. The first-order chi connectivity index (χ1) is 10.2. The maximum atomic E-state index is 10.3. The molecule has 0 aliphatic carbocycles. The van der Waals surface area contributed by atoms with Gasteiger partial charge in [0.25, 0.3) is 0 Å². The molecule has 2 aromatic rings. The molecule has 5 nitrogen and oxygen atoms in total. The molecule has 4 rings (SSSR count). The minimum atomic E-state index is -0.309. The maximum Gasteiger partial charge on any atom is 0.141 e. The van der Waals surface area contributed by atoms with Gasteiger partial charge in [-0.3, -0.25) is 0 Å². The van der Waals surface area contributed by atoms with Gasteiger partial charge < -0.3 is 24.4 Å². The SMILES string of the molecule is COc1cc(O)c2c(c1)OC[C@H]1c3ccc(O)cc3O[C@@H]21. The lowest BCUT2D eigenvalue weighted by Crippen LogP contribution is -2.23. The van der Waals surface area contributed by atoms with E-state index in [2.05, 4.69) is 0 Å². The van der Waals surface area contributed by atoms with Crippen LogP contribution in [0.15, 0.2) is 30.3 Å². The van der Waals surface area contributed by atoms with Crippen LogP contribution < -0.4 is 14.2 Å². The highest BCUT2D eigenvalue weighted by Crippen LogP contribution is 2.54. The molecule has 2 heterocycles. The van der Waals surface area contributed by atoms with E-state index in [0.29, 0.717) is 29.4 Å². The molecule has 0 aromatic heterocycles. The molecule has 2 atom stereocenters. The molecule has 0 amide bonds. The average molecular weight is 286 g/mol. The highest BCUT2D eigenvalue weighted by atomic mass is 16.5. The van der Waals surface area contributed by atoms with Crippen molar-refractivity contribution in [2.24, 2.45) is 0 Å². The summed E-state index contributed by atoms with van der Waals surface area (Å²) in [6, 6.07) is 8.36. The Balaban J connectivity index is 1.82. The number of phenols is 2. The number of hydrogen-bond acceptors (Lipinski definition) is 5. The van der Waals surface area contributed by atoms with Gasteiger partial charge in [0, 0.05) is 23.8 Å². The molecule has 2 N–H and O–H groups in total. The first-order valence-electron chi connectivity index (χ1n) is 6.70. The van der Waals surface area contributed by atoms with Gasteiger partial charge in [0.15, 0.2) is 0 Å². The topological polar surface area (TPSA) is 68.2 Å². The van der Waals surface area contributed by atoms with Crippen LogP contribution in [0.4, 0.5) is 0 Å². The predicted molar refractivity (Wildman–Crippen MR) is 74.4 cm³/mol. The van der Waals surface area contributed by atoms with Crippen molar-refractivity contribution in [1.29, 1.82) is 0 Å². The van der Waals surface area contributed by atoms with E-state index in [1.807, 2.05) is 6.07 Å².